The van der Waals surface area contributed by atoms with E-state index in [1.165, 1.54) is 0 Å². The average molecular weight is 428 g/mol. The number of likely N-dealkylation sites (tertiary alicyclic amines) is 1. The van der Waals surface area contributed by atoms with Crippen LogP contribution in [0, 0.1) is 0 Å². The van der Waals surface area contributed by atoms with Crippen LogP contribution in [0.2, 0.25) is 0 Å². The van der Waals surface area contributed by atoms with E-state index in [1.54, 1.807) is 12.3 Å². The summed E-state index contributed by atoms with van der Waals surface area (Å²) in [6.45, 7) is 4.93. The molecular formula is C23H29N3O5. The highest BCUT2D eigenvalue weighted by atomic mass is 16.6. The van der Waals surface area contributed by atoms with Crippen LogP contribution in [-0.2, 0) is 11.3 Å². The molecule has 1 amide bonds. The molecule has 166 valence electrons. The number of nitrogens with one attached hydrogen (secondary N) is 1. The number of alkyl carbamates (subject to hydrolysis) is 1. The third-order valence-corrected chi connectivity index (χ3v) is 5.51. The molecule has 2 aromatic rings. The zero-order valence-corrected chi connectivity index (χ0v) is 17.7. The van der Waals surface area contributed by atoms with E-state index in [0.717, 1.165) is 31.5 Å². The van der Waals surface area contributed by atoms with Gasteiger partial charge in [0.2, 0.25) is 0 Å². The number of nitrogens with zero attached hydrogens (tertiary/aromatic N) is 2. The Balaban J connectivity index is 1.44. The van der Waals surface area contributed by atoms with Gasteiger partial charge >= 0.3 is 6.09 Å². The van der Waals surface area contributed by atoms with Crippen LogP contribution in [-0.4, -0.2) is 59.5 Å². The Morgan fingerprint density at radius 1 is 1.32 bits per heavy atom. The lowest BCUT2D eigenvalue weighted by molar-refractivity contribution is 0.0842. The summed E-state index contributed by atoms with van der Waals surface area (Å²) < 4.78 is 16.7. The van der Waals surface area contributed by atoms with Crippen LogP contribution in [0.25, 0.3) is 0 Å². The summed E-state index contributed by atoms with van der Waals surface area (Å²) in [5.41, 5.74) is 1.46. The maximum absolute atomic E-state index is 12.5. The highest BCUT2D eigenvalue weighted by Crippen LogP contribution is 2.32. The van der Waals surface area contributed by atoms with Crippen LogP contribution >= 0.6 is 0 Å². The van der Waals surface area contributed by atoms with Crippen LogP contribution in [0.1, 0.15) is 37.0 Å². The molecule has 3 heterocycles. The van der Waals surface area contributed by atoms with Crippen molar-refractivity contribution in [3.05, 3.63) is 53.7 Å². The Kier molecular flexibility index (Phi) is 6.89. The first-order valence-electron chi connectivity index (χ1n) is 10.8. The molecule has 0 aliphatic carbocycles. The Morgan fingerprint density at radius 2 is 2.10 bits per heavy atom. The predicted molar refractivity (Wildman–Crippen MR) is 114 cm³/mol. The fourth-order valence-corrected chi connectivity index (χ4v) is 3.87. The maximum Gasteiger partial charge on any atom is 0.407 e. The number of hydrogen-bond acceptors (Lipinski definition) is 7. The van der Waals surface area contributed by atoms with Crippen molar-refractivity contribution in [1.82, 2.24) is 15.2 Å². The standard InChI is InChI=1S/C23H29N3O5/c1-16-14-29-22-20(31-16)11-18(12-24-22)21(27)19(13-26-9-5-6-10-26)25-23(28)30-15-17-7-3-2-4-8-17/h2-4,7-8,11-12,16,19,21,27H,5-6,9-10,13-15H2,1H3,(H,25,28)/t16-,19+,21+/m0/s1. The number of hydrogen-bond donors (Lipinski definition) is 2. The SMILES string of the molecule is C[C@H]1COc2ncc([C@@H](O)[C@@H](CN3CCCC3)NC(=O)OCc3ccccc3)cc2O1. The van der Waals surface area contributed by atoms with Gasteiger partial charge in [0.15, 0.2) is 5.75 Å². The number of amides is 1. The van der Waals surface area contributed by atoms with Gasteiger partial charge in [-0.3, -0.25) is 0 Å². The van der Waals surface area contributed by atoms with Crippen molar-refractivity contribution in [3.8, 4) is 11.6 Å². The first-order chi connectivity index (χ1) is 15.1. The second-order valence-corrected chi connectivity index (χ2v) is 8.08. The molecule has 1 saturated heterocycles. The summed E-state index contributed by atoms with van der Waals surface area (Å²) in [5.74, 6) is 0.919. The smallest absolute Gasteiger partial charge is 0.407 e. The van der Waals surface area contributed by atoms with E-state index in [-0.39, 0.29) is 12.7 Å². The van der Waals surface area contributed by atoms with Gasteiger partial charge in [-0.2, -0.15) is 0 Å². The van der Waals surface area contributed by atoms with Gasteiger partial charge in [-0.25, -0.2) is 9.78 Å². The maximum atomic E-state index is 12.5. The summed E-state index contributed by atoms with van der Waals surface area (Å²) >= 11 is 0. The molecule has 2 N–H and O–H groups in total. The van der Waals surface area contributed by atoms with Gasteiger partial charge in [0, 0.05) is 18.3 Å². The average Bonchev–Trinajstić information content (AvgIpc) is 3.30. The van der Waals surface area contributed by atoms with Crippen molar-refractivity contribution < 1.29 is 24.1 Å². The van der Waals surface area contributed by atoms with E-state index in [0.29, 0.717) is 30.3 Å². The molecule has 0 unspecified atom stereocenters. The molecule has 4 rings (SSSR count). The number of aliphatic hydroxyl groups excluding tert-OH is 1. The van der Waals surface area contributed by atoms with Gasteiger partial charge in [0.05, 0.1) is 6.04 Å². The van der Waals surface area contributed by atoms with Crippen LogP contribution < -0.4 is 14.8 Å². The van der Waals surface area contributed by atoms with Crippen LogP contribution in [0.5, 0.6) is 11.6 Å². The number of carbonyl (C=O) groups is 1. The van der Waals surface area contributed by atoms with Gasteiger partial charge in [-0.05, 0) is 44.5 Å². The van der Waals surface area contributed by atoms with Crippen molar-refractivity contribution in [2.45, 2.75) is 44.6 Å². The van der Waals surface area contributed by atoms with Crippen molar-refractivity contribution in [3.63, 3.8) is 0 Å². The molecule has 8 nitrogen and oxygen atoms in total. The molecule has 2 aliphatic heterocycles. The molecule has 8 heteroatoms. The number of pyridine rings is 1. The lowest BCUT2D eigenvalue weighted by Gasteiger charge is -2.29. The van der Waals surface area contributed by atoms with Gasteiger partial charge in [-0.15, -0.1) is 0 Å². The van der Waals surface area contributed by atoms with E-state index in [4.69, 9.17) is 14.2 Å². The summed E-state index contributed by atoms with van der Waals surface area (Å²) in [5, 5.41) is 14.0. The molecule has 1 fully saturated rings. The van der Waals surface area contributed by atoms with E-state index < -0.39 is 18.2 Å². The number of rotatable bonds is 7. The summed E-state index contributed by atoms with van der Waals surface area (Å²) in [6, 6.07) is 10.7. The normalized spacial score (nSPS) is 20.1. The molecular weight excluding hydrogens is 398 g/mol. The second-order valence-electron chi connectivity index (χ2n) is 8.08. The van der Waals surface area contributed by atoms with E-state index in [2.05, 4.69) is 15.2 Å². The lowest BCUT2D eigenvalue weighted by atomic mass is 10.0. The number of aliphatic hydroxyl groups is 1. The lowest BCUT2D eigenvalue weighted by Crippen LogP contribution is -2.46. The third kappa shape index (κ3) is 5.65. The number of carbonyl (C=O) groups excluding carboxylic acids is 1. The van der Waals surface area contributed by atoms with Crippen molar-refractivity contribution in [1.29, 1.82) is 0 Å². The van der Waals surface area contributed by atoms with E-state index in [9.17, 15) is 9.90 Å². The zero-order chi connectivity index (χ0) is 21.6. The van der Waals surface area contributed by atoms with Crippen LogP contribution in [0.4, 0.5) is 4.79 Å². The minimum atomic E-state index is -0.969. The largest absolute Gasteiger partial charge is 0.481 e. The second kappa shape index (κ2) is 9.98. The van der Waals surface area contributed by atoms with E-state index in [1.807, 2.05) is 37.3 Å². The van der Waals surface area contributed by atoms with Gasteiger partial charge in [-0.1, -0.05) is 30.3 Å². The highest BCUT2D eigenvalue weighted by Gasteiger charge is 2.29. The first kappa shape index (κ1) is 21.4. The third-order valence-electron chi connectivity index (χ3n) is 5.51. The fourth-order valence-electron chi connectivity index (χ4n) is 3.87. The molecule has 0 radical (unpaired) electrons. The Labute approximate surface area is 182 Å². The molecule has 31 heavy (non-hydrogen) atoms. The number of benzene rings is 1. The highest BCUT2D eigenvalue weighted by molar-refractivity contribution is 5.67. The molecule has 1 aromatic heterocycles. The van der Waals surface area contributed by atoms with Crippen LogP contribution in [0.15, 0.2) is 42.6 Å². The molecule has 0 spiro atoms. The summed E-state index contributed by atoms with van der Waals surface area (Å²) in [6.07, 6.45) is 2.18. The number of ether oxygens (including phenoxy) is 3. The molecule has 3 atom stereocenters. The van der Waals surface area contributed by atoms with Crippen molar-refractivity contribution in [2.24, 2.45) is 0 Å². The molecule has 1 aromatic carbocycles. The fraction of sp³-hybridized carbons (Fsp3) is 0.478. The minimum absolute atomic E-state index is 0.0896. The Bertz CT molecular complexity index is 873. The monoisotopic (exact) mass is 427 g/mol. The molecule has 0 saturated carbocycles. The Hall–Kier alpha value is -2.84. The quantitative estimate of drug-likeness (QED) is 0.702. The van der Waals surface area contributed by atoms with Crippen molar-refractivity contribution >= 4 is 6.09 Å². The summed E-state index contributed by atoms with van der Waals surface area (Å²) in [4.78, 5) is 19.0. The van der Waals surface area contributed by atoms with Gasteiger partial charge in [0.25, 0.3) is 5.88 Å². The number of aromatic nitrogens is 1. The van der Waals surface area contributed by atoms with Gasteiger partial charge in [0.1, 0.15) is 25.4 Å². The predicted octanol–water partition coefficient (Wildman–Crippen LogP) is 2.67. The van der Waals surface area contributed by atoms with Crippen LogP contribution in [0.3, 0.4) is 0 Å². The Morgan fingerprint density at radius 3 is 2.87 bits per heavy atom. The topological polar surface area (TPSA) is 93.2 Å². The molecule has 0 bridgehead atoms. The van der Waals surface area contributed by atoms with Gasteiger partial charge < -0.3 is 29.5 Å². The van der Waals surface area contributed by atoms with Crippen molar-refractivity contribution in [2.75, 3.05) is 26.2 Å². The number of fused-ring (bicyclic) bond motifs is 1. The minimum Gasteiger partial charge on any atom is -0.481 e. The summed E-state index contributed by atoms with van der Waals surface area (Å²) in [7, 11) is 0. The molecule has 2 aliphatic rings. The van der Waals surface area contributed by atoms with E-state index >= 15 is 0 Å². The zero-order valence-electron chi connectivity index (χ0n) is 17.7. The first-order valence-corrected chi connectivity index (χ1v) is 10.8.